The van der Waals surface area contributed by atoms with Gasteiger partial charge in [0.05, 0.1) is 0 Å². The van der Waals surface area contributed by atoms with Crippen molar-refractivity contribution < 1.29 is 26.4 Å². The van der Waals surface area contributed by atoms with E-state index in [-0.39, 0.29) is 49.9 Å². The Bertz CT molecular complexity index is 8.00. The Kier molecular flexibility index (Phi) is 536. The van der Waals surface area contributed by atoms with Crippen molar-refractivity contribution in [3.8, 4) is 0 Å². The molecule has 0 amide bonds. The third-order valence-corrected chi connectivity index (χ3v) is 0. The molecule has 0 atom stereocenters. The van der Waals surface area contributed by atoms with Crippen LogP contribution in [-0.4, -0.2) is 17.4 Å². The largest absolute Gasteiger partial charge is 1.00 e. The van der Waals surface area contributed by atoms with Crippen molar-refractivity contribution >= 4 is 17.4 Å². The van der Waals surface area contributed by atoms with E-state index in [1.165, 1.54) is 0 Å². The molecule has 0 saturated heterocycles. The fourth-order valence-electron chi connectivity index (χ4n) is 0. The number of halogens is 1. The van der Waals surface area contributed by atoms with Crippen LogP contribution >= 0.6 is 0 Å². The van der Waals surface area contributed by atoms with Crippen LogP contribution in [0.25, 0.3) is 0 Å². The zero-order chi connectivity index (χ0) is 0. The van der Waals surface area contributed by atoms with E-state index >= 15 is 0 Å². The zero-order valence-electron chi connectivity index (χ0n) is 1.88. The van der Waals surface area contributed by atoms with Crippen LogP contribution in [0.1, 0.15) is 0 Å². The summed E-state index contributed by atoms with van der Waals surface area (Å²) in [6.07, 6.45) is 0. The monoisotopic (exact) mass is 115 g/mol. The summed E-state index contributed by atoms with van der Waals surface area (Å²) in [7, 11) is 0. The molecule has 0 aromatic carbocycles. The molecule has 0 unspecified atom stereocenters. The molecular weight excluding hydrogens is 108 g/mol. The maximum Gasteiger partial charge on any atom is 0.187 e. The molecule has 0 radical (unpaired) electrons. The van der Waals surface area contributed by atoms with Gasteiger partial charge in [-0.2, -0.15) is 0 Å². The molecule has 4 heavy (non-hydrogen) atoms. The Morgan fingerprint density at radius 2 is 1.00 bits per heavy atom. The van der Waals surface area contributed by atoms with Crippen LogP contribution in [0.4, 0.5) is 0 Å². The van der Waals surface area contributed by atoms with Gasteiger partial charge < -0.3 is 10.9 Å². The van der Waals surface area contributed by atoms with Gasteiger partial charge in [-0.3, -0.25) is 0 Å². The van der Waals surface area contributed by atoms with E-state index < -0.39 is 0 Å². The first-order valence-corrected chi connectivity index (χ1v) is 0. The summed E-state index contributed by atoms with van der Waals surface area (Å²) in [6, 6.07) is 0. The van der Waals surface area contributed by atoms with Crippen LogP contribution in [0.2, 0.25) is 0 Å². The summed E-state index contributed by atoms with van der Waals surface area (Å²) in [5.41, 5.74) is 0. The molecule has 0 aliphatic rings. The molecule has 0 saturated carbocycles. The summed E-state index contributed by atoms with van der Waals surface area (Å²) >= 11 is 0. The van der Waals surface area contributed by atoms with Crippen LogP contribution in [0.15, 0.2) is 0 Å². The van der Waals surface area contributed by atoms with E-state index in [1.54, 1.807) is 0 Å². The minimum atomic E-state index is 0. The van der Waals surface area contributed by atoms with Gasteiger partial charge in [-0.25, -0.2) is 0 Å². The summed E-state index contributed by atoms with van der Waals surface area (Å²) in [4.78, 5) is 0. The second kappa shape index (κ2) is 31.5. The average molecular weight is 115 g/mol. The number of hydrogen-bond donors (Lipinski definition) is 1. The third kappa shape index (κ3) is 11.1. The minimum Gasteiger partial charge on any atom is -1.00 e. The molecule has 0 aromatic heterocycles. The van der Waals surface area contributed by atoms with Crippen molar-refractivity contribution in [1.29, 1.82) is 0 Å². The van der Waals surface area contributed by atoms with Crippen molar-refractivity contribution in [3.05, 3.63) is 0 Å². The van der Waals surface area contributed by atoms with Crippen LogP contribution in [0.5, 0.6) is 0 Å². The van der Waals surface area contributed by atoms with Crippen LogP contribution in [0.3, 0.4) is 0 Å². The Hall–Kier alpha value is 1.14. The van der Waals surface area contributed by atoms with E-state index in [0.717, 1.165) is 0 Å². The fraction of sp³-hybridized carbons (Fsp3) is 0. The second-order valence-electron chi connectivity index (χ2n) is 0. The standard InChI is InChI=1S/Al.FH.H3N.Ti.3H/h;1H;1H3;;;;. The van der Waals surface area contributed by atoms with Gasteiger partial charge in [-0.15, -0.1) is 0 Å². The van der Waals surface area contributed by atoms with Gasteiger partial charge >= 0.3 is 0 Å². The average Bonchev–Trinajstić information content (AvgIpc) is 0. The van der Waals surface area contributed by atoms with Crippen molar-refractivity contribution in [2.45, 2.75) is 0 Å². The molecule has 0 aromatic rings. The zero-order valence-corrected chi connectivity index (χ0v) is 3.44. The first-order valence-electron chi connectivity index (χ1n) is 0. The third-order valence-electron chi connectivity index (χ3n) is 0. The number of quaternary nitrogens is 1. The first-order chi connectivity index (χ1) is 0. The maximum atomic E-state index is 0. The molecule has 0 fully saturated rings. The van der Waals surface area contributed by atoms with Crippen molar-refractivity contribution in [3.63, 3.8) is 0 Å². The molecule has 0 rings (SSSR count). The van der Waals surface area contributed by atoms with Crippen molar-refractivity contribution in [1.82, 2.24) is 6.15 Å². The van der Waals surface area contributed by atoms with Crippen LogP contribution in [-0.2, 0) is 21.7 Å². The molecule has 0 heterocycles. The summed E-state index contributed by atoms with van der Waals surface area (Å²) in [6.45, 7) is 0. The van der Waals surface area contributed by atoms with Crippen LogP contribution < -0.4 is 10.9 Å². The smallest absolute Gasteiger partial charge is 0.187 e. The van der Waals surface area contributed by atoms with Gasteiger partial charge in [-0.1, -0.05) is 0 Å². The summed E-state index contributed by atoms with van der Waals surface area (Å²) in [5.74, 6) is 0. The molecule has 0 bridgehead atoms. The van der Waals surface area contributed by atoms with Crippen LogP contribution in [0, 0.1) is 0 Å². The van der Waals surface area contributed by atoms with Gasteiger partial charge in [0, 0.05) is 21.7 Å². The van der Waals surface area contributed by atoms with Gasteiger partial charge in [0.25, 0.3) is 0 Å². The topological polar surface area (TPSA) is 36.5 Å². The SMILES string of the molecule is [AlH3].[F-].[NH4+].[Ti]. The number of rotatable bonds is 0. The van der Waals surface area contributed by atoms with E-state index in [0.29, 0.717) is 0 Å². The molecular formula is H7AlFNTi. The van der Waals surface area contributed by atoms with E-state index in [4.69, 9.17) is 0 Å². The van der Waals surface area contributed by atoms with Crippen molar-refractivity contribution in [2.75, 3.05) is 0 Å². The van der Waals surface area contributed by atoms with Gasteiger partial charge in [0.15, 0.2) is 17.4 Å². The molecule has 1 nitrogen and oxygen atoms in total. The van der Waals surface area contributed by atoms with Gasteiger partial charge in [-0.05, 0) is 0 Å². The quantitative estimate of drug-likeness (QED) is 0.314. The molecule has 0 aliphatic carbocycles. The minimum absolute atomic E-state index is 0. The molecule has 4 heteroatoms. The van der Waals surface area contributed by atoms with Gasteiger partial charge in [0.1, 0.15) is 0 Å². The number of hydrogen-bond acceptors (Lipinski definition) is 0. The van der Waals surface area contributed by atoms with Crippen molar-refractivity contribution in [2.24, 2.45) is 0 Å². The Morgan fingerprint density at radius 1 is 1.00 bits per heavy atom. The molecule has 26 valence electrons. The summed E-state index contributed by atoms with van der Waals surface area (Å²) < 4.78 is 0. The maximum absolute atomic E-state index is 0. The van der Waals surface area contributed by atoms with Gasteiger partial charge in [0.2, 0.25) is 0 Å². The summed E-state index contributed by atoms with van der Waals surface area (Å²) in [5, 5.41) is 0. The Balaban J connectivity index is 0. The predicted molar refractivity (Wildman–Crippen MR) is 15.9 cm³/mol. The molecule has 0 spiro atoms. The normalized spacial score (nSPS) is 0. The fourth-order valence-corrected chi connectivity index (χ4v) is 0. The molecule has 4 N–H and O–H groups in total. The molecule has 0 aliphatic heterocycles. The first kappa shape index (κ1) is 68.0. The predicted octanol–water partition coefficient (Wildman–Crippen LogP) is -3.81. The van der Waals surface area contributed by atoms with E-state index in [1.807, 2.05) is 0 Å². The Morgan fingerprint density at radius 3 is 1.00 bits per heavy atom. The van der Waals surface area contributed by atoms with E-state index in [2.05, 4.69) is 0 Å². The Labute approximate surface area is 50.1 Å². The van der Waals surface area contributed by atoms with E-state index in [9.17, 15) is 0 Å². The second-order valence-corrected chi connectivity index (χ2v) is 0.